The fourth-order valence-corrected chi connectivity index (χ4v) is 1.78. The lowest BCUT2D eigenvalue weighted by atomic mass is 10.3. The van der Waals surface area contributed by atoms with Gasteiger partial charge in [-0.15, -0.1) is 13.2 Å². The molecule has 0 N–H and O–H groups in total. The van der Waals surface area contributed by atoms with Gasteiger partial charge >= 0.3 is 11.9 Å². The van der Waals surface area contributed by atoms with Crippen molar-refractivity contribution in [3.63, 3.8) is 0 Å². The van der Waals surface area contributed by atoms with E-state index in [1.54, 1.807) is 12.2 Å². The third-order valence-electron chi connectivity index (χ3n) is 3.27. The van der Waals surface area contributed by atoms with E-state index in [-0.39, 0.29) is 50.8 Å². The zero-order valence-corrected chi connectivity index (χ0v) is 18.1. The molecule has 0 atom stereocenters. The molecule has 0 aliphatic carbocycles. The molecule has 0 fully saturated rings. The zero-order valence-electron chi connectivity index (χ0n) is 18.1. The fourth-order valence-electron chi connectivity index (χ4n) is 1.78. The van der Waals surface area contributed by atoms with Crippen LogP contribution in [0.1, 0.15) is 0 Å². The summed E-state index contributed by atoms with van der Waals surface area (Å²) in [5, 5.41) is 0. The van der Waals surface area contributed by atoms with Gasteiger partial charge in [0.1, 0.15) is 13.2 Å². The Hall–Kier alpha value is -2.30. The minimum absolute atomic E-state index is 0.102. The molecule has 0 aromatic rings. The first kappa shape index (κ1) is 28.7. The van der Waals surface area contributed by atoms with Crippen LogP contribution >= 0.6 is 0 Å². The van der Waals surface area contributed by atoms with E-state index in [2.05, 4.69) is 26.3 Å². The van der Waals surface area contributed by atoms with Gasteiger partial charge in [-0.2, -0.15) is 0 Å². The van der Waals surface area contributed by atoms with Gasteiger partial charge < -0.3 is 33.2 Å². The van der Waals surface area contributed by atoms with E-state index in [0.717, 1.165) is 0 Å². The Morgan fingerprint density at radius 3 is 1.19 bits per heavy atom. The lowest BCUT2D eigenvalue weighted by Gasteiger charge is -2.09. The second-order valence-electron chi connectivity index (χ2n) is 5.92. The number of carbonyl (C=O) groups excluding carboxylic acids is 2. The van der Waals surface area contributed by atoms with Crippen molar-refractivity contribution >= 4 is 11.9 Å². The Balaban J connectivity index is 3.39. The maximum Gasteiger partial charge on any atom is 0.335 e. The molecule has 0 radical (unpaired) electrons. The van der Waals surface area contributed by atoms with Gasteiger partial charge in [0.15, 0.2) is 0 Å². The van der Waals surface area contributed by atoms with Crippen LogP contribution in [0.15, 0.2) is 49.6 Å². The van der Waals surface area contributed by atoms with Gasteiger partial charge in [-0.1, -0.05) is 25.3 Å². The molecule has 0 aromatic heterocycles. The summed E-state index contributed by atoms with van der Waals surface area (Å²) in [4.78, 5) is 23.2. The third kappa shape index (κ3) is 18.2. The molecule has 0 amide bonds. The smallest absolute Gasteiger partial charge is 0.335 e. The average Bonchev–Trinajstić information content (AvgIpc) is 2.76. The van der Waals surface area contributed by atoms with Crippen LogP contribution in [0, 0.1) is 0 Å². The summed E-state index contributed by atoms with van der Waals surface area (Å²) in [5.41, 5.74) is 0.477. The second-order valence-corrected chi connectivity index (χ2v) is 5.92. The van der Waals surface area contributed by atoms with E-state index in [4.69, 9.17) is 33.2 Å². The summed E-state index contributed by atoms with van der Waals surface area (Å²) in [7, 11) is 0. The van der Waals surface area contributed by atoms with E-state index in [0.29, 0.717) is 39.6 Å². The van der Waals surface area contributed by atoms with Gasteiger partial charge in [-0.05, 0) is 0 Å². The summed E-state index contributed by atoms with van der Waals surface area (Å²) in [6, 6.07) is 0. The first-order chi connectivity index (χ1) is 15.0. The normalized spacial score (nSPS) is 10.3. The highest BCUT2D eigenvalue weighted by Crippen LogP contribution is 1.97. The topological polar surface area (TPSA) is 98.8 Å². The Morgan fingerprint density at radius 2 is 0.871 bits per heavy atom. The van der Waals surface area contributed by atoms with Crippen LogP contribution in [0.5, 0.6) is 0 Å². The van der Waals surface area contributed by atoms with Crippen molar-refractivity contribution < 1.29 is 42.7 Å². The zero-order chi connectivity index (χ0) is 23.2. The predicted octanol–water partition coefficient (Wildman–Crippen LogP) is 1.64. The highest BCUT2D eigenvalue weighted by molar-refractivity contribution is 5.88. The molecule has 9 heteroatoms. The van der Waals surface area contributed by atoms with Crippen LogP contribution in [0.25, 0.3) is 0 Å². The largest absolute Gasteiger partial charge is 0.460 e. The Kier molecular flexibility index (Phi) is 19.4. The molecule has 0 aliphatic rings. The van der Waals surface area contributed by atoms with Crippen molar-refractivity contribution in [2.24, 2.45) is 0 Å². The van der Waals surface area contributed by atoms with Gasteiger partial charge in [-0.3, -0.25) is 0 Å². The molecule has 0 saturated heterocycles. The summed E-state index contributed by atoms with van der Waals surface area (Å²) < 4.78 is 36.1. The van der Waals surface area contributed by atoms with Crippen LogP contribution < -0.4 is 0 Å². The van der Waals surface area contributed by atoms with Crippen LogP contribution in [0.2, 0.25) is 0 Å². The molecule has 0 aliphatic heterocycles. The van der Waals surface area contributed by atoms with Crippen LogP contribution in [-0.4, -0.2) is 91.2 Å². The molecule has 0 bridgehead atoms. The summed E-state index contributed by atoms with van der Waals surface area (Å²) in [5.74, 6) is -1.03. The standard InChI is InChI=1S/C22H34O9/c1-5-7-28-17-19(3)21(23)30-15-13-26-11-9-25-10-12-27-14-16-31-22(24)20(4)18-29-8-6-2/h5-6H,1-4,7-18H2. The van der Waals surface area contributed by atoms with Crippen molar-refractivity contribution in [1.82, 2.24) is 0 Å². The van der Waals surface area contributed by atoms with Gasteiger partial charge in [0.25, 0.3) is 0 Å². The molecule has 0 unspecified atom stereocenters. The number of hydrogen-bond donors (Lipinski definition) is 0. The van der Waals surface area contributed by atoms with Crippen molar-refractivity contribution in [2.75, 3.05) is 79.3 Å². The molecule has 31 heavy (non-hydrogen) atoms. The molecular weight excluding hydrogens is 408 g/mol. The van der Waals surface area contributed by atoms with E-state index in [9.17, 15) is 9.59 Å². The highest BCUT2D eigenvalue weighted by atomic mass is 16.6. The fraction of sp³-hybridized carbons (Fsp3) is 0.545. The summed E-state index contributed by atoms with van der Waals surface area (Å²) >= 11 is 0. The average molecular weight is 443 g/mol. The molecule has 0 aromatic carbocycles. The number of carbonyl (C=O) groups is 2. The van der Waals surface area contributed by atoms with Crippen molar-refractivity contribution in [3.8, 4) is 0 Å². The minimum Gasteiger partial charge on any atom is -0.460 e. The number of rotatable bonds is 22. The quantitative estimate of drug-likeness (QED) is 0.107. The summed E-state index contributed by atoms with van der Waals surface area (Å²) in [6.07, 6.45) is 3.17. The van der Waals surface area contributed by atoms with Crippen molar-refractivity contribution in [3.05, 3.63) is 49.6 Å². The lowest BCUT2D eigenvalue weighted by Crippen LogP contribution is -2.17. The Bertz CT molecular complexity index is 509. The minimum atomic E-state index is -0.517. The van der Waals surface area contributed by atoms with Crippen LogP contribution in [0.4, 0.5) is 0 Å². The molecular formula is C22H34O9. The third-order valence-corrected chi connectivity index (χ3v) is 3.27. The molecule has 176 valence electrons. The number of hydrogen-bond acceptors (Lipinski definition) is 9. The van der Waals surface area contributed by atoms with Crippen LogP contribution in [-0.2, 0) is 42.7 Å². The van der Waals surface area contributed by atoms with Gasteiger partial charge in [0, 0.05) is 0 Å². The van der Waals surface area contributed by atoms with E-state index < -0.39 is 11.9 Å². The Morgan fingerprint density at radius 1 is 0.548 bits per heavy atom. The monoisotopic (exact) mass is 442 g/mol. The molecule has 0 saturated carbocycles. The first-order valence-electron chi connectivity index (χ1n) is 9.83. The van der Waals surface area contributed by atoms with Gasteiger partial charge in [-0.25, -0.2) is 9.59 Å². The highest BCUT2D eigenvalue weighted by Gasteiger charge is 2.09. The predicted molar refractivity (Wildman–Crippen MR) is 115 cm³/mol. The van der Waals surface area contributed by atoms with Crippen molar-refractivity contribution in [1.29, 1.82) is 0 Å². The van der Waals surface area contributed by atoms with Crippen molar-refractivity contribution in [2.45, 2.75) is 0 Å². The molecule has 0 spiro atoms. The number of ether oxygens (including phenoxy) is 7. The Labute approximate surface area is 184 Å². The van der Waals surface area contributed by atoms with E-state index in [1.165, 1.54) is 0 Å². The maximum absolute atomic E-state index is 11.6. The SMILES string of the molecule is C=CCOCC(=C)C(=O)OCCOCCOCCOCCOC(=O)C(=C)COCC=C. The lowest BCUT2D eigenvalue weighted by molar-refractivity contribution is -0.142. The summed E-state index contributed by atoms with van der Waals surface area (Å²) in [6.45, 7) is 17.3. The van der Waals surface area contributed by atoms with Crippen LogP contribution in [0.3, 0.4) is 0 Å². The number of esters is 2. The maximum atomic E-state index is 11.6. The molecule has 9 nitrogen and oxygen atoms in total. The second kappa shape index (κ2) is 21.0. The van der Waals surface area contributed by atoms with Gasteiger partial charge in [0.2, 0.25) is 0 Å². The molecule has 0 heterocycles. The first-order valence-corrected chi connectivity index (χ1v) is 9.83. The van der Waals surface area contributed by atoms with E-state index in [1.807, 2.05) is 0 Å². The van der Waals surface area contributed by atoms with E-state index >= 15 is 0 Å². The molecule has 0 rings (SSSR count). The van der Waals surface area contributed by atoms with Gasteiger partial charge in [0.05, 0.1) is 77.2 Å².